The first-order valence-electron chi connectivity index (χ1n) is 9.72. The molecule has 1 amide bonds. The number of rotatable bonds is 8. The molecule has 7 nitrogen and oxygen atoms in total. The van der Waals surface area contributed by atoms with Crippen molar-refractivity contribution in [3.05, 3.63) is 90.3 Å². The minimum Gasteiger partial charge on any atom is -0.308 e. The van der Waals surface area contributed by atoms with Crippen LogP contribution < -0.4 is 10.5 Å². The number of aromatic nitrogens is 4. The van der Waals surface area contributed by atoms with Crippen molar-refractivity contribution in [2.24, 2.45) is 0 Å². The second-order valence-corrected chi connectivity index (χ2v) is 7.70. The van der Waals surface area contributed by atoms with Crippen molar-refractivity contribution in [2.45, 2.75) is 11.7 Å². The highest BCUT2D eigenvalue weighted by Gasteiger charge is 2.19. The number of anilines is 1. The van der Waals surface area contributed by atoms with Crippen LogP contribution in [0.3, 0.4) is 0 Å². The Morgan fingerprint density at radius 3 is 2.52 bits per heavy atom. The van der Waals surface area contributed by atoms with Gasteiger partial charge in [-0.05, 0) is 24.3 Å². The van der Waals surface area contributed by atoms with Gasteiger partial charge in [0.2, 0.25) is 11.7 Å². The summed E-state index contributed by atoms with van der Waals surface area (Å²) in [6.07, 6.45) is 3.34. The number of hydrogen-bond acceptors (Lipinski definition) is 5. The van der Waals surface area contributed by atoms with Gasteiger partial charge in [0.05, 0.1) is 16.7 Å². The molecule has 0 saturated heterocycles. The molecule has 0 radical (unpaired) electrons. The van der Waals surface area contributed by atoms with E-state index in [2.05, 4.69) is 23.4 Å². The summed E-state index contributed by atoms with van der Waals surface area (Å²) in [5.74, 6) is 0.513. The molecule has 0 saturated carbocycles. The SMILES string of the molecule is C=CCN(C(=O)CSc1nnc2n(CC=C)c(=O)c3ccccc3n12)c1ccccc1. The lowest BCUT2D eigenvalue weighted by Gasteiger charge is -2.21. The molecular weight excluding hydrogens is 410 g/mol. The number of fused-ring (bicyclic) bond motifs is 3. The van der Waals surface area contributed by atoms with Crippen LogP contribution in [0.2, 0.25) is 0 Å². The maximum absolute atomic E-state index is 13.0. The molecular formula is C23H21N5O2S. The molecule has 0 N–H and O–H groups in total. The zero-order valence-electron chi connectivity index (χ0n) is 16.8. The number of thioether (sulfide) groups is 1. The first kappa shape index (κ1) is 20.6. The molecule has 0 fully saturated rings. The van der Waals surface area contributed by atoms with Gasteiger partial charge < -0.3 is 4.90 Å². The van der Waals surface area contributed by atoms with E-state index in [0.717, 1.165) is 5.69 Å². The fourth-order valence-electron chi connectivity index (χ4n) is 3.41. The summed E-state index contributed by atoms with van der Waals surface area (Å²) in [5, 5.41) is 9.61. The van der Waals surface area contributed by atoms with Crippen molar-refractivity contribution in [3.63, 3.8) is 0 Å². The van der Waals surface area contributed by atoms with Crippen LogP contribution in [0.1, 0.15) is 0 Å². The molecule has 0 bridgehead atoms. The third kappa shape index (κ3) is 3.89. The first-order chi connectivity index (χ1) is 15.2. The number of carbonyl (C=O) groups excluding carboxylic acids is 1. The summed E-state index contributed by atoms with van der Waals surface area (Å²) in [4.78, 5) is 27.5. The highest BCUT2D eigenvalue weighted by Crippen LogP contribution is 2.23. The second kappa shape index (κ2) is 9.01. The lowest BCUT2D eigenvalue weighted by molar-refractivity contribution is -0.116. The van der Waals surface area contributed by atoms with Gasteiger partial charge in [-0.25, -0.2) is 0 Å². The van der Waals surface area contributed by atoms with Crippen molar-refractivity contribution in [1.82, 2.24) is 19.2 Å². The Balaban J connectivity index is 1.71. The van der Waals surface area contributed by atoms with E-state index in [4.69, 9.17) is 0 Å². The topological polar surface area (TPSA) is 72.5 Å². The number of para-hydroxylation sites is 2. The summed E-state index contributed by atoms with van der Waals surface area (Å²) in [5.41, 5.74) is 1.36. The highest BCUT2D eigenvalue weighted by atomic mass is 32.2. The van der Waals surface area contributed by atoms with Gasteiger partial charge in [0.1, 0.15) is 0 Å². The van der Waals surface area contributed by atoms with E-state index in [1.54, 1.807) is 23.1 Å². The average Bonchev–Trinajstić information content (AvgIpc) is 3.23. The fraction of sp³-hybridized carbons (Fsp3) is 0.130. The van der Waals surface area contributed by atoms with Gasteiger partial charge in [-0.1, -0.05) is 54.2 Å². The standard InChI is InChI=1S/C23H21N5O2S/c1-3-14-26(17-10-6-5-7-11-17)20(29)16-31-23-25-24-22-27(15-4-2)21(30)18-12-8-9-13-19(18)28(22)23/h3-13H,1-2,14-16H2. The smallest absolute Gasteiger partial charge is 0.263 e. The van der Waals surface area contributed by atoms with Crippen LogP contribution >= 0.6 is 11.8 Å². The molecule has 2 aromatic carbocycles. The van der Waals surface area contributed by atoms with E-state index in [9.17, 15) is 9.59 Å². The van der Waals surface area contributed by atoms with Crippen LogP contribution in [-0.4, -0.2) is 37.4 Å². The molecule has 31 heavy (non-hydrogen) atoms. The second-order valence-electron chi connectivity index (χ2n) is 6.76. The largest absolute Gasteiger partial charge is 0.308 e. The third-order valence-corrected chi connectivity index (χ3v) is 5.71. The Labute approximate surface area is 183 Å². The van der Waals surface area contributed by atoms with Crippen molar-refractivity contribution >= 4 is 40.0 Å². The number of nitrogens with zero attached hydrogens (tertiary/aromatic N) is 5. The lowest BCUT2D eigenvalue weighted by Crippen LogP contribution is -2.32. The van der Waals surface area contributed by atoms with Gasteiger partial charge in [-0.3, -0.25) is 18.6 Å². The molecule has 0 aliphatic rings. The van der Waals surface area contributed by atoms with Crippen molar-refractivity contribution in [2.75, 3.05) is 17.2 Å². The van der Waals surface area contributed by atoms with E-state index in [1.165, 1.54) is 16.3 Å². The molecule has 8 heteroatoms. The third-order valence-electron chi connectivity index (χ3n) is 4.80. The summed E-state index contributed by atoms with van der Waals surface area (Å²) in [7, 11) is 0. The number of allylic oxidation sites excluding steroid dienone is 1. The molecule has 2 heterocycles. The Bertz CT molecular complexity index is 1330. The average molecular weight is 432 g/mol. The maximum atomic E-state index is 13.0. The Morgan fingerprint density at radius 1 is 1.03 bits per heavy atom. The Morgan fingerprint density at radius 2 is 1.77 bits per heavy atom. The molecule has 0 atom stereocenters. The van der Waals surface area contributed by atoms with Crippen LogP contribution in [-0.2, 0) is 11.3 Å². The zero-order valence-corrected chi connectivity index (χ0v) is 17.7. The number of hydrogen-bond donors (Lipinski definition) is 0. The zero-order chi connectivity index (χ0) is 21.8. The minimum atomic E-state index is -0.149. The highest BCUT2D eigenvalue weighted by molar-refractivity contribution is 7.99. The van der Waals surface area contributed by atoms with Gasteiger partial charge in [0.25, 0.3) is 5.56 Å². The van der Waals surface area contributed by atoms with Crippen molar-refractivity contribution in [3.8, 4) is 0 Å². The normalized spacial score (nSPS) is 11.0. The number of amides is 1. The van der Waals surface area contributed by atoms with Crippen molar-refractivity contribution in [1.29, 1.82) is 0 Å². The van der Waals surface area contributed by atoms with Crippen LogP contribution in [0.25, 0.3) is 16.7 Å². The van der Waals surface area contributed by atoms with E-state index in [1.807, 2.05) is 52.9 Å². The van der Waals surface area contributed by atoms with Crippen LogP contribution in [0, 0.1) is 0 Å². The molecule has 0 aliphatic heterocycles. The summed E-state index contributed by atoms with van der Waals surface area (Å²) >= 11 is 1.28. The fourth-order valence-corrected chi connectivity index (χ4v) is 4.23. The van der Waals surface area contributed by atoms with Crippen molar-refractivity contribution < 1.29 is 4.79 Å². The summed E-state index contributed by atoms with van der Waals surface area (Å²) < 4.78 is 3.35. The van der Waals surface area contributed by atoms with E-state index in [-0.39, 0.29) is 17.2 Å². The Kier molecular flexibility index (Phi) is 5.99. The molecule has 4 aromatic rings. The van der Waals surface area contributed by atoms with E-state index < -0.39 is 0 Å². The van der Waals surface area contributed by atoms with Gasteiger partial charge in [-0.2, -0.15) is 0 Å². The molecule has 0 spiro atoms. The molecule has 2 aromatic heterocycles. The summed E-state index contributed by atoms with van der Waals surface area (Å²) in [6, 6.07) is 16.8. The first-order valence-corrected chi connectivity index (χ1v) is 10.7. The number of benzene rings is 2. The van der Waals surface area contributed by atoms with Crippen LogP contribution in [0.15, 0.2) is 89.9 Å². The predicted molar refractivity (Wildman–Crippen MR) is 125 cm³/mol. The van der Waals surface area contributed by atoms with Gasteiger partial charge in [0, 0.05) is 18.8 Å². The quantitative estimate of drug-likeness (QED) is 0.315. The van der Waals surface area contributed by atoms with Crippen LogP contribution in [0.5, 0.6) is 0 Å². The van der Waals surface area contributed by atoms with Crippen LogP contribution in [0.4, 0.5) is 5.69 Å². The lowest BCUT2D eigenvalue weighted by atomic mass is 10.2. The van der Waals surface area contributed by atoms with Gasteiger partial charge in [-0.15, -0.1) is 23.4 Å². The molecule has 0 aliphatic carbocycles. The molecule has 4 rings (SSSR count). The maximum Gasteiger partial charge on any atom is 0.263 e. The monoisotopic (exact) mass is 431 g/mol. The minimum absolute atomic E-state index is 0.0726. The number of carbonyl (C=O) groups is 1. The van der Waals surface area contributed by atoms with E-state index >= 15 is 0 Å². The van der Waals surface area contributed by atoms with Gasteiger partial charge in [0.15, 0.2) is 5.16 Å². The summed E-state index contributed by atoms with van der Waals surface area (Å²) in [6.45, 7) is 8.22. The van der Waals surface area contributed by atoms with E-state index in [0.29, 0.717) is 34.9 Å². The molecule has 156 valence electrons. The molecule has 0 unspecified atom stereocenters. The Hall–Kier alpha value is -3.65. The van der Waals surface area contributed by atoms with Gasteiger partial charge >= 0.3 is 0 Å². The predicted octanol–water partition coefficient (Wildman–Crippen LogP) is 3.54.